The molecule has 2 rings (SSSR count). The van der Waals surface area contributed by atoms with Crippen LogP contribution in [0.1, 0.15) is 19.8 Å². The van der Waals surface area contributed by atoms with Gasteiger partial charge in [0, 0.05) is 19.2 Å². The quantitative estimate of drug-likeness (QED) is 0.866. The lowest BCUT2D eigenvalue weighted by Gasteiger charge is -2.32. The first-order chi connectivity index (χ1) is 8.70. The van der Waals surface area contributed by atoms with Crippen LogP contribution in [-0.4, -0.2) is 41.0 Å². The van der Waals surface area contributed by atoms with Crippen molar-refractivity contribution in [1.82, 2.24) is 10.2 Å². The molecule has 6 nitrogen and oxygen atoms in total. The first-order valence-electron chi connectivity index (χ1n) is 6.14. The van der Waals surface area contributed by atoms with Crippen molar-refractivity contribution in [3.05, 3.63) is 12.3 Å². The van der Waals surface area contributed by atoms with Crippen LogP contribution in [0.25, 0.3) is 0 Å². The van der Waals surface area contributed by atoms with Gasteiger partial charge in [0.2, 0.25) is 5.88 Å². The van der Waals surface area contributed by atoms with Crippen molar-refractivity contribution in [2.24, 2.45) is 5.92 Å². The maximum absolute atomic E-state index is 11.0. The van der Waals surface area contributed by atoms with Crippen molar-refractivity contribution in [3.63, 3.8) is 0 Å². The topological polar surface area (TPSA) is 75.5 Å². The van der Waals surface area contributed by atoms with Crippen LogP contribution in [0.2, 0.25) is 0 Å². The molecule has 0 amide bonds. The molecule has 1 saturated heterocycles. The number of rotatable bonds is 4. The highest BCUT2D eigenvalue weighted by Crippen LogP contribution is 2.24. The first kappa shape index (κ1) is 12.6. The number of aliphatic carboxylic acids is 1. The van der Waals surface area contributed by atoms with E-state index < -0.39 is 5.97 Å². The van der Waals surface area contributed by atoms with Crippen LogP contribution >= 0.6 is 0 Å². The first-order valence-corrected chi connectivity index (χ1v) is 6.14. The van der Waals surface area contributed by atoms with Crippen molar-refractivity contribution < 1.29 is 14.6 Å². The number of carboxylic acid groups (broad SMARTS) is 1. The molecule has 2 heterocycles. The number of aromatic nitrogens is 2. The fourth-order valence-corrected chi connectivity index (χ4v) is 2.14. The highest BCUT2D eigenvalue weighted by molar-refractivity contribution is 5.71. The van der Waals surface area contributed by atoms with Gasteiger partial charge >= 0.3 is 5.97 Å². The molecule has 98 valence electrons. The Morgan fingerprint density at radius 3 is 3.22 bits per heavy atom. The second-order valence-corrected chi connectivity index (χ2v) is 4.31. The molecule has 1 aromatic rings. The van der Waals surface area contributed by atoms with Crippen molar-refractivity contribution in [1.29, 1.82) is 0 Å². The monoisotopic (exact) mass is 251 g/mol. The molecular formula is C12H17N3O3. The smallest absolute Gasteiger partial charge is 0.308 e. The van der Waals surface area contributed by atoms with Crippen LogP contribution in [0.15, 0.2) is 12.3 Å². The van der Waals surface area contributed by atoms with Crippen LogP contribution < -0.4 is 9.64 Å². The van der Waals surface area contributed by atoms with Gasteiger partial charge in [0.05, 0.1) is 24.4 Å². The van der Waals surface area contributed by atoms with Gasteiger partial charge < -0.3 is 14.7 Å². The molecule has 18 heavy (non-hydrogen) atoms. The van der Waals surface area contributed by atoms with Gasteiger partial charge in [0.1, 0.15) is 0 Å². The van der Waals surface area contributed by atoms with Gasteiger partial charge in [0.25, 0.3) is 0 Å². The highest BCUT2D eigenvalue weighted by atomic mass is 16.5. The molecule has 0 saturated carbocycles. The van der Waals surface area contributed by atoms with Gasteiger partial charge in [-0.05, 0) is 19.8 Å². The van der Waals surface area contributed by atoms with Gasteiger partial charge in [-0.1, -0.05) is 0 Å². The fraction of sp³-hybridized carbons (Fsp3) is 0.583. The average molecular weight is 251 g/mol. The summed E-state index contributed by atoms with van der Waals surface area (Å²) >= 11 is 0. The summed E-state index contributed by atoms with van der Waals surface area (Å²) in [7, 11) is 0. The molecule has 6 heteroatoms. The van der Waals surface area contributed by atoms with E-state index in [1.54, 1.807) is 12.3 Å². The fourth-order valence-electron chi connectivity index (χ4n) is 2.14. The minimum atomic E-state index is -0.730. The van der Waals surface area contributed by atoms with Crippen molar-refractivity contribution in [2.45, 2.75) is 19.8 Å². The summed E-state index contributed by atoms with van der Waals surface area (Å²) in [5.74, 6) is -0.554. The van der Waals surface area contributed by atoms with Crippen LogP contribution in [0.3, 0.4) is 0 Å². The molecule has 0 radical (unpaired) electrons. The number of nitrogens with zero attached hydrogens (tertiary/aromatic N) is 3. The van der Waals surface area contributed by atoms with E-state index in [0.717, 1.165) is 25.1 Å². The van der Waals surface area contributed by atoms with Gasteiger partial charge in [-0.2, -0.15) is 5.10 Å². The summed E-state index contributed by atoms with van der Waals surface area (Å²) in [4.78, 5) is 13.0. The number of piperidine rings is 1. The molecule has 1 aromatic heterocycles. The lowest BCUT2D eigenvalue weighted by atomic mass is 9.98. The highest BCUT2D eigenvalue weighted by Gasteiger charge is 2.25. The molecular weight excluding hydrogens is 234 g/mol. The summed E-state index contributed by atoms with van der Waals surface area (Å²) in [5, 5.41) is 16.8. The van der Waals surface area contributed by atoms with Crippen molar-refractivity contribution in [3.8, 4) is 5.88 Å². The molecule has 1 aliphatic rings. The average Bonchev–Trinajstić information content (AvgIpc) is 2.39. The summed E-state index contributed by atoms with van der Waals surface area (Å²) in [6.07, 6.45) is 3.26. The number of ether oxygens (including phenoxy) is 1. The van der Waals surface area contributed by atoms with E-state index in [9.17, 15) is 4.79 Å². The zero-order valence-corrected chi connectivity index (χ0v) is 10.4. The minimum absolute atomic E-state index is 0.303. The predicted molar refractivity (Wildman–Crippen MR) is 65.8 cm³/mol. The standard InChI is InChI=1S/C12H17N3O3/c1-2-18-11-6-10(7-13-14-11)15-5-3-4-9(8-15)12(16)17/h6-7,9H,2-5,8H2,1H3,(H,16,17)/t9-/m1/s1. The van der Waals surface area contributed by atoms with Crippen LogP contribution in [0.4, 0.5) is 5.69 Å². The second kappa shape index (κ2) is 5.66. The molecule has 1 aliphatic heterocycles. The third kappa shape index (κ3) is 2.88. The number of carboxylic acids is 1. The summed E-state index contributed by atoms with van der Waals surface area (Å²) < 4.78 is 5.30. The Labute approximate surface area is 106 Å². The summed E-state index contributed by atoms with van der Waals surface area (Å²) in [6, 6.07) is 1.81. The normalized spacial score (nSPS) is 19.6. The Kier molecular flexibility index (Phi) is 3.96. The van der Waals surface area contributed by atoms with Crippen LogP contribution in [-0.2, 0) is 4.79 Å². The number of hydrogen-bond acceptors (Lipinski definition) is 5. The Morgan fingerprint density at radius 2 is 2.50 bits per heavy atom. The maximum Gasteiger partial charge on any atom is 0.308 e. The van der Waals surface area contributed by atoms with E-state index in [1.807, 2.05) is 11.8 Å². The minimum Gasteiger partial charge on any atom is -0.481 e. The van der Waals surface area contributed by atoms with Crippen molar-refractivity contribution >= 4 is 11.7 Å². The van der Waals surface area contributed by atoms with Gasteiger partial charge in [0.15, 0.2) is 0 Å². The van der Waals surface area contributed by atoms with Gasteiger partial charge in [-0.3, -0.25) is 4.79 Å². The number of anilines is 1. The molecule has 0 spiro atoms. The van der Waals surface area contributed by atoms with Crippen LogP contribution in [0, 0.1) is 5.92 Å². The molecule has 0 aromatic carbocycles. The Balaban J connectivity index is 2.10. The third-order valence-corrected chi connectivity index (χ3v) is 3.05. The summed E-state index contributed by atoms with van der Waals surface area (Å²) in [6.45, 7) is 3.79. The number of carbonyl (C=O) groups is 1. The van der Waals surface area contributed by atoms with E-state index >= 15 is 0 Å². The zero-order valence-electron chi connectivity index (χ0n) is 10.4. The SMILES string of the molecule is CCOc1cc(N2CCC[C@@H](C(=O)O)C2)cnn1. The van der Waals surface area contributed by atoms with Crippen LogP contribution in [0.5, 0.6) is 5.88 Å². The Hall–Kier alpha value is -1.85. The van der Waals surface area contributed by atoms with E-state index in [4.69, 9.17) is 9.84 Å². The molecule has 0 bridgehead atoms. The third-order valence-electron chi connectivity index (χ3n) is 3.05. The Morgan fingerprint density at radius 1 is 1.67 bits per heavy atom. The molecule has 1 fully saturated rings. The zero-order chi connectivity index (χ0) is 13.0. The lowest BCUT2D eigenvalue weighted by molar-refractivity contribution is -0.141. The largest absolute Gasteiger partial charge is 0.481 e. The van der Waals surface area contributed by atoms with Crippen molar-refractivity contribution in [2.75, 3.05) is 24.6 Å². The molecule has 1 N–H and O–H groups in total. The Bertz CT molecular complexity index is 425. The summed E-state index contributed by atoms with van der Waals surface area (Å²) in [5.41, 5.74) is 0.874. The predicted octanol–water partition coefficient (Wildman–Crippen LogP) is 1.18. The van der Waals surface area contributed by atoms with Gasteiger partial charge in [-0.15, -0.1) is 5.10 Å². The van der Waals surface area contributed by atoms with E-state index in [0.29, 0.717) is 19.0 Å². The van der Waals surface area contributed by atoms with E-state index in [-0.39, 0.29) is 5.92 Å². The molecule has 0 unspecified atom stereocenters. The maximum atomic E-state index is 11.0. The van der Waals surface area contributed by atoms with E-state index in [1.165, 1.54) is 0 Å². The molecule has 0 aliphatic carbocycles. The lowest BCUT2D eigenvalue weighted by Crippen LogP contribution is -2.38. The molecule has 1 atom stereocenters. The van der Waals surface area contributed by atoms with Gasteiger partial charge in [-0.25, -0.2) is 0 Å². The van der Waals surface area contributed by atoms with E-state index in [2.05, 4.69) is 10.2 Å². The number of hydrogen-bond donors (Lipinski definition) is 1. The second-order valence-electron chi connectivity index (χ2n) is 4.31.